The molecule has 0 spiro atoms. The number of thiophene rings is 1. The molecule has 4 aromatic rings. The highest BCUT2D eigenvalue weighted by Gasteiger charge is 2.13. The molecule has 0 atom stereocenters. The number of nitrogens with zero attached hydrogens (tertiary/aromatic N) is 3. The van der Waals surface area contributed by atoms with Gasteiger partial charge in [0.2, 0.25) is 5.95 Å². The summed E-state index contributed by atoms with van der Waals surface area (Å²) < 4.78 is 20.3. The lowest BCUT2D eigenvalue weighted by Crippen LogP contribution is -2.12. The Morgan fingerprint density at radius 3 is 2.71 bits per heavy atom. The number of halogens is 3. The van der Waals surface area contributed by atoms with E-state index in [2.05, 4.69) is 15.4 Å². The molecule has 1 amide bonds. The third-order valence-electron chi connectivity index (χ3n) is 4.22. The number of benzene rings is 2. The van der Waals surface area contributed by atoms with E-state index in [0.29, 0.717) is 27.2 Å². The van der Waals surface area contributed by atoms with Crippen LogP contribution in [0.15, 0.2) is 60.2 Å². The fourth-order valence-corrected chi connectivity index (χ4v) is 4.04. The zero-order valence-corrected chi connectivity index (χ0v) is 18.2. The molecule has 0 saturated carbocycles. The predicted octanol–water partition coefficient (Wildman–Crippen LogP) is 5.67. The molecule has 0 bridgehead atoms. The Morgan fingerprint density at radius 1 is 1.16 bits per heavy atom. The molecule has 0 unspecified atom stereocenters. The number of carbonyl (C=O) groups is 1. The number of carbonyl (C=O) groups excluding carboxylic acids is 1. The van der Waals surface area contributed by atoms with Crippen LogP contribution < -0.4 is 10.1 Å². The van der Waals surface area contributed by atoms with E-state index >= 15 is 0 Å². The lowest BCUT2D eigenvalue weighted by molar-refractivity contribution is 0.102. The van der Waals surface area contributed by atoms with Crippen molar-refractivity contribution in [1.82, 2.24) is 14.8 Å². The third-order valence-corrected chi connectivity index (χ3v) is 5.91. The Balaban J connectivity index is 1.36. The van der Waals surface area contributed by atoms with Crippen molar-refractivity contribution in [2.75, 3.05) is 5.32 Å². The van der Waals surface area contributed by atoms with Crippen LogP contribution in [-0.2, 0) is 13.2 Å². The normalized spacial score (nSPS) is 10.8. The van der Waals surface area contributed by atoms with Crippen molar-refractivity contribution in [3.05, 3.63) is 92.1 Å². The number of amides is 1. The first-order valence-electron chi connectivity index (χ1n) is 9.07. The minimum atomic E-state index is -0.369. The number of rotatable bonds is 7. The Hall–Kier alpha value is -2.94. The SMILES string of the molecule is O=C(Nc1ncn(Cc2c(Cl)cccc2Cl)n1)c1cc(COc2cccc(F)c2)cs1. The van der Waals surface area contributed by atoms with Crippen molar-refractivity contribution < 1.29 is 13.9 Å². The van der Waals surface area contributed by atoms with Crippen LogP contribution in [0.2, 0.25) is 10.0 Å². The van der Waals surface area contributed by atoms with Crippen molar-refractivity contribution >= 4 is 46.4 Å². The first-order valence-corrected chi connectivity index (χ1v) is 10.7. The molecule has 158 valence electrons. The van der Waals surface area contributed by atoms with Crippen molar-refractivity contribution in [2.45, 2.75) is 13.2 Å². The van der Waals surface area contributed by atoms with Gasteiger partial charge in [-0.25, -0.2) is 14.1 Å². The molecule has 0 fully saturated rings. The van der Waals surface area contributed by atoms with Crippen LogP contribution in [0.5, 0.6) is 5.75 Å². The van der Waals surface area contributed by atoms with Crippen molar-refractivity contribution in [3.8, 4) is 5.75 Å². The average Bonchev–Trinajstić information content (AvgIpc) is 3.39. The lowest BCUT2D eigenvalue weighted by Gasteiger charge is -2.06. The number of nitrogens with one attached hydrogen (secondary N) is 1. The van der Waals surface area contributed by atoms with Gasteiger partial charge in [-0.05, 0) is 35.7 Å². The summed E-state index contributed by atoms with van der Waals surface area (Å²) in [4.78, 5) is 17.1. The largest absolute Gasteiger partial charge is 0.489 e. The van der Waals surface area contributed by atoms with Gasteiger partial charge in [0.1, 0.15) is 24.5 Å². The lowest BCUT2D eigenvalue weighted by atomic mass is 10.2. The van der Waals surface area contributed by atoms with Gasteiger partial charge in [-0.2, -0.15) is 0 Å². The Bertz CT molecular complexity index is 1210. The second-order valence-electron chi connectivity index (χ2n) is 6.49. The summed E-state index contributed by atoms with van der Waals surface area (Å²) in [5.41, 5.74) is 1.51. The van der Waals surface area contributed by atoms with Gasteiger partial charge < -0.3 is 4.74 Å². The summed E-state index contributed by atoms with van der Waals surface area (Å²) in [5, 5.41) is 9.77. The summed E-state index contributed by atoms with van der Waals surface area (Å²) in [6.45, 7) is 0.542. The number of anilines is 1. The van der Waals surface area contributed by atoms with Gasteiger partial charge in [0.05, 0.1) is 11.4 Å². The molecule has 0 aliphatic heterocycles. The molecule has 0 saturated heterocycles. The molecular formula is C21H15Cl2FN4O2S. The fourth-order valence-electron chi connectivity index (χ4n) is 2.73. The molecule has 10 heteroatoms. The first kappa shape index (κ1) is 21.3. The van der Waals surface area contributed by atoms with Crippen LogP contribution in [0.25, 0.3) is 0 Å². The maximum absolute atomic E-state index is 13.2. The van der Waals surface area contributed by atoms with Gasteiger partial charge in [0.25, 0.3) is 5.91 Å². The molecule has 6 nitrogen and oxygen atoms in total. The highest BCUT2D eigenvalue weighted by Crippen LogP contribution is 2.25. The Kier molecular flexibility index (Phi) is 6.50. The smallest absolute Gasteiger partial charge is 0.268 e. The molecule has 2 aromatic heterocycles. The second kappa shape index (κ2) is 9.47. The standard InChI is InChI=1S/C21H15Cl2FN4O2S/c22-17-5-2-6-18(23)16(17)9-28-12-25-21(27-28)26-20(29)19-7-13(11-31-19)10-30-15-4-1-3-14(24)8-15/h1-8,11-12H,9-10H2,(H,26,27,29). The summed E-state index contributed by atoms with van der Waals surface area (Å²) in [6, 6.07) is 12.9. The third kappa shape index (κ3) is 5.41. The predicted molar refractivity (Wildman–Crippen MR) is 119 cm³/mol. The molecule has 0 aliphatic rings. The second-order valence-corrected chi connectivity index (χ2v) is 8.21. The highest BCUT2D eigenvalue weighted by atomic mass is 35.5. The van der Waals surface area contributed by atoms with E-state index in [0.717, 1.165) is 11.1 Å². The van der Waals surface area contributed by atoms with Gasteiger partial charge in [-0.15, -0.1) is 16.4 Å². The minimum Gasteiger partial charge on any atom is -0.489 e. The molecule has 4 rings (SSSR count). The topological polar surface area (TPSA) is 69.0 Å². The van der Waals surface area contributed by atoms with Crippen LogP contribution in [0.3, 0.4) is 0 Å². The average molecular weight is 477 g/mol. The zero-order valence-electron chi connectivity index (χ0n) is 15.9. The van der Waals surface area contributed by atoms with E-state index in [-0.39, 0.29) is 24.3 Å². The monoisotopic (exact) mass is 476 g/mol. The van der Waals surface area contributed by atoms with E-state index in [1.54, 1.807) is 41.8 Å². The molecule has 31 heavy (non-hydrogen) atoms. The van der Waals surface area contributed by atoms with Gasteiger partial charge in [-0.3, -0.25) is 10.1 Å². The van der Waals surface area contributed by atoms with Crippen LogP contribution in [-0.4, -0.2) is 20.7 Å². The first-order chi connectivity index (χ1) is 15.0. The van der Waals surface area contributed by atoms with Crippen LogP contribution in [0, 0.1) is 5.82 Å². The van der Waals surface area contributed by atoms with Crippen molar-refractivity contribution in [1.29, 1.82) is 0 Å². The van der Waals surface area contributed by atoms with E-state index < -0.39 is 0 Å². The van der Waals surface area contributed by atoms with Gasteiger partial charge >= 0.3 is 0 Å². The Labute approximate surface area is 191 Å². The highest BCUT2D eigenvalue weighted by molar-refractivity contribution is 7.12. The molecule has 2 heterocycles. The molecule has 1 N–H and O–H groups in total. The van der Waals surface area contributed by atoms with Crippen molar-refractivity contribution in [3.63, 3.8) is 0 Å². The van der Waals surface area contributed by atoms with E-state index in [1.165, 1.54) is 34.5 Å². The van der Waals surface area contributed by atoms with E-state index in [1.807, 2.05) is 0 Å². The zero-order chi connectivity index (χ0) is 21.8. The maximum Gasteiger partial charge on any atom is 0.268 e. The number of ether oxygens (including phenoxy) is 1. The summed E-state index contributed by atoms with van der Waals surface area (Å²) >= 11 is 13.6. The number of hydrogen-bond donors (Lipinski definition) is 1. The van der Waals surface area contributed by atoms with Crippen LogP contribution in [0.1, 0.15) is 20.8 Å². The van der Waals surface area contributed by atoms with E-state index in [9.17, 15) is 9.18 Å². The van der Waals surface area contributed by atoms with Gasteiger partial charge in [0, 0.05) is 27.2 Å². The maximum atomic E-state index is 13.2. The fraction of sp³-hybridized carbons (Fsp3) is 0.0952. The van der Waals surface area contributed by atoms with Crippen LogP contribution in [0.4, 0.5) is 10.3 Å². The van der Waals surface area contributed by atoms with E-state index in [4.69, 9.17) is 27.9 Å². The molecule has 2 aromatic carbocycles. The summed E-state index contributed by atoms with van der Waals surface area (Å²) in [5.74, 6) is -0.119. The molecule has 0 radical (unpaired) electrons. The Morgan fingerprint density at radius 2 is 1.94 bits per heavy atom. The number of aromatic nitrogens is 3. The molecular weight excluding hydrogens is 462 g/mol. The van der Waals surface area contributed by atoms with Gasteiger partial charge in [0.15, 0.2) is 0 Å². The number of hydrogen-bond acceptors (Lipinski definition) is 5. The summed E-state index contributed by atoms with van der Waals surface area (Å²) in [6.07, 6.45) is 1.49. The van der Waals surface area contributed by atoms with Crippen molar-refractivity contribution in [2.24, 2.45) is 0 Å². The van der Waals surface area contributed by atoms with Crippen LogP contribution >= 0.6 is 34.5 Å². The quantitative estimate of drug-likeness (QED) is 0.373. The van der Waals surface area contributed by atoms with Gasteiger partial charge in [-0.1, -0.05) is 35.3 Å². The summed E-state index contributed by atoms with van der Waals surface area (Å²) in [7, 11) is 0. The minimum absolute atomic E-state index is 0.166. The molecule has 0 aliphatic carbocycles.